The van der Waals surface area contributed by atoms with Crippen LogP contribution in [0.15, 0.2) is 41.4 Å². The third-order valence-corrected chi connectivity index (χ3v) is 7.58. The lowest BCUT2D eigenvalue weighted by Gasteiger charge is -2.21. The van der Waals surface area contributed by atoms with Crippen LogP contribution in [0.25, 0.3) is 0 Å². The summed E-state index contributed by atoms with van der Waals surface area (Å²) in [5.41, 5.74) is 2.80. The van der Waals surface area contributed by atoms with Crippen LogP contribution in [-0.2, 0) is 21.4 Å². The molecule has 0 bridgehead atoms. The molecule has 0 radical (unpaired) electrons. The van der Waals surface area contributed by atoms with Crippen LogP contribution in [0.4, 0.5) is 5.82 Å². The first kappa shape index (κ1) is 23.2. The predicted octanol–water partition coefficient (Wildman–Crippen LogP) is 3.02. The van der Waals surface area contributed by atoms with E-state index in [4.69, 9.17) is 0 Å². The van der Waals surface area contributed by atoms with Crippen molar-refractivity contribution in [3.63, 3.8) is 0 Å². The number of rotatable bonds is 7. The van der Waals surface area contributed by atoms with E-state index in [2.05, 4.69) is 15.2 Å². The molecule has 2 aromatic rings. The smallest absolute Gasteiger partial charge is 0.243 e. The van der Waals surface area contributed by atoms with Gasteiger partial charge in [-0.2, -0.15) is 4.31 Å². The zero-order chi connectivity index (χ0) is 22.4. The highest BCUT2D eigenvalue weighted by atomic mass is 32.2. The minimum absolute atomic E-state index is 0.194. The highest BCUT2D eigenvalue weighted by Gasteiger charge is 2.23. The van der Waals surface area contributed by atoms with Crippen LogP contribution in [0.1, 0.15) is 42.4 Å². The Morgan fingerprint density at radius 1 is 1.06 bits per heavy atom. The maximum absolute atomic E-state index is 12.7. The van der Waals surface area contributed by atoms with E-state index in [0.717, 1.165) is 39.9 Å². The Kier molecular flexibility index (Phi) is 7.67. The summed E-state index contributed by atoms with van der Waals surface area (Å²) in [6, 6.07) is 8.94. The summed E-state index contributed by atoms with van der Waals surface area (Å²) in [5, 5.41) is 2.78. The highest BCUT2D eigenvalue weighted by molar-refractivity contribution is 7.89. The molecule has 2 heterocycles. The average molecular weight is 445 g/mol. The van der Waals surface area contributed by atoms with Crippen LogP contribution in [0.2, 0.25) is 0 Å². The standard InChI is InChI=1S/C23H32N4O3S/c1-18-8-10-21(14-19(18)2)31(29,30)26(3)17-23(28)25-16-20-9-11-22(24-15-20)27-12-6-4-5-7-13-27/h8-11,14-15H,4-7,12-13,16-17H2,1-3H3,(H,25,28). The second-order valence-electron chi connectivity index (χ2n) is 8.21. The number of benzene rings is 1. The fourth-order valence-electron chi connectivity index (χ4n) is 3.61. The molecule has 8 heteroatoms. The summed E-state index contributed by atoms with van der Waals surface area (Å²) in [4.78, 5) is 19.4. The number of nitrogens with zero attached hydrogens (tertiary/aromatic N) is 3. The molecule has 0 atom stereocenters. The molecule has 1 aromatic carbocycles. The summed E-state index contributed by atoms with van der Waals surface area (Å²) in [6.45, 7) is 5.93. The Bertz CT molecular complexity index is 998. The Morgan fingerprint density at radius 3 is 2.39 bits per heavy atom. The van der Waals surface area contributed by atoms with Crippen LogP contribution in [0.3, 0.4) is 0 Å². The number of sulfonamides is 1. The van der Waals surface area contributed by atoms with Crippen LogP contribution in [0, 0.1) is 13.8 Å². The lowest BCUT2D eigenvalue weighted by Crippen LogP contribution is -2.38. The molecule has 0 saturated carbocycles. The lowest BCUT2D eigenvalue weighted by molar-refractivity contribution is -0.121. The van der Waals surface area contributed by atoms with E-state index in [9.17, 15) is 13.2 Å². The number of anilines is 1. The molecule has 0 unspecified atom stereocenters. The van der Waals surface area contributed by atoms with Gasteiger partial charge in [-0.25, -0.2) is 13.4 Å². The van der Waals surface area contributed by atoms with Crippen molar-refractivity contribution >= 4 is 21.7 Å². The third kappa shape index (κ3) is 6.04. The van der Waals surface area contributed by atoms with E-state index in [1.807, 2.05) is 26.0 Å². The molecule has 1 aliphatic heterocycles. The molecule has 0 spiro atoms. The van der Waals surface area contributed by atoms with Crippen molar-refractivity contribution in [2.45, 2.75) is 51.0 Å². The first-order valence-corrected chi connectivity index (χ1v) is 12.2. The van der Waals surface area contributed by atoms with Gasteiger partial charge in [-0.3, -0.25) is 4.79 Å². The molecule has 1 fully saturated rings. The number of aryl methyl sites for hydroxylation is 2. The van der Waals surface area contributed by atoms with Crippen LogP contribution in [-0.4, -0.2) is 50.3 Å². The van der Waals surface area contributed by atoms with Gasteiger partial charge < -0.3 is 10.2 Å². The van der Waals surface area contributed by atoms with Gasteiger partial charge >= 0.3 is 0 Å². The Morgan fingerprint density at radius 2 is 1.77 bits per heavy atom. The molecule has 1 amide bonds. The summed E-state index contributed by atoms with van der Waals surface area (Å²) < 4.78 is 26.6. The molecule has 1 N–H and O–H groups in total. The number of aromatic nitrogens is 1. The van der Waals surface area contributed by atoms with E-state index in [0.29, 0.717) is 6.54 Å². The zero-order valence-electron chi connectivity index (χ0n) is 18.6. The number of hydrogen-bond acceptors (Lipinski definition) is 5. The van der Waals surface area contributed by atoms with Crippen LogP contribution < -0.4 is 10.2 Å². The summed E-state index contributed by atoms with van der Waals surface area (Å²) >= 11 is 0. The number of pyridine rings is 1. The van der Waals surface area contributed by atoms with Crippen molar-refractivity contribution in [2.75, 3.05) is 31.6 Å². The van der Waals surface area contributed by atoms with E-state index in [-0.39, 0.29) is 17.3 Å². The fraction of sp³-hybridized carbons (Fsp3) is 0.478. The maximum Gasteiger partial charge on any atom is 0.243 e. The Labute approximate surface area is 185 Å². The van der Waals surface area contributed by atoms with Crippen LogP contribution in [0.5, 0.6) is 0 Å². The van der Waals surface area contributed by atoms with Gasteiger partial charge in [0, 0.05) is 32.9 Å². The predicted molar refractivity (Wildman–Crippen MR) is 122 cm³/mol. The van der Waals surface area contributed by atoms with Gasteiger partial charge in [-0.05, 0) is 61.6 Å². The SMILES string of the molecule is Cc1ccc(S(=O)(=O)N(C)CC(=O)NCc2ccc(N3CCCCCC3)nc2)cc1C. The average Bonchev–Trinajstić information content (AvgIpc) is 3.04. The van der Waals surface area contributed by atoms with Gasteiger partial charge in [-0.1, -0.05) is 25.0 Å². The van der Waals surface area contributed by atoms with Gasteiger partial charge in [0.2, 0.25) is 15.9 Å². The van der Waals surface area contributed by atoms with Crippen LogP contribution >= 0.6 is 0 Å². The Hall–Kier alpha value is -2.45. The fourth-order valence-corrected chi connectivity index (χ4v) is 4.82. The number of nitrogens with one attached hydrogen (secondary N) is 1. The molecular weight excluding hydrogens is 412 g/mol. The molecule has 31 heavy (non-hydrogen) atoms. The summed E-state index contributed by atoms with van der Waals surface area (Å²) in [6.07, 6.45) is 6.70. The third-order valence-electron chi connectivity index (χ3n) is 5.78. The van der Waals surface area contributed by atoms with Crippen molar-refractivity contribution in [1.29, 1.82) is 0 Å². The maximum atomic E-state index is 12.7. The first-order chi connectivity index (χ1) is 14.8. The molecule has 1 aromatic heterocycles. The van der Waals surface area contributed by atoms with Crippen molar-refractivity contribution in [1.82, 2.24) is 14.6 Å². The van der Waals surface area contributed by atoms with Gasteiger partial charge in [0.15, 0.2) is 0 Å². The topological polar surface area (TPSA) is 82.6 Å². The second kappa shape index (κ2) is 10.2. The van der Waals surface area contributed by atoms with Gasteiger partial charge in [0.1, 0.15) is 5.82 Å². The number of amides is 1. The van der Waals surface area contributed by atoms with Gasteiger partial charge in [-0.15, -0.1) is 0 Å². The highest BCUT2D eigenvalue weighted by Crippen LogP contribution is 2.19. The van der Waals surface area contributed by atoms with E-state index in [1.165, 1.54) is 32.7 Å². The molecule has 1 aliphatic rings. The largest absolute Gasteiger partial charge is 0.357 e. The number of likely N-dealkylation sites (N-methyl/N-ethyl adjacent to an activating group) is 1. The molecule has 7 nitrogen and oxygen atoms in total. The number of hydrogen-bond donors (Lipinski definition) is 1. The quantitative estimate of drug-likeness (QED) is 0.710. The second-order valence-corrected chi connectivity index (χ2v) is 10.3. The van der Waals surface area contributed by atoms with Crippen molar-refractivity contribution in [3.8, 4) is 0 Å². The van der Waals surface area contributed by atoms with Crippen molar-refractivity contribution in [2.24, 2.45) is 0 Å². The number of carbonyl (C=O) groups excluding carboxylic acids is 1. The number of carbonyl (C=O) groups is 1. The molecule has 0 aliphatic carbocycles. The van der Waals surface area contributed by atoms with Crippen molar-refractivity contribution in [3.05, 3.63) is 53.2 Å². The first-order valence-electron chi connectivity index (χ1n) is 10.8. The van der Waals surface area contributed by atoms with E-state index in [1.54, 1.807) is 24.4 Å². The normalized spacial score (nSPS) is 15.0. The monoisotopic (exact) mass is 444 g/mol. The van der Waals surface area contributed by atoms with Gasteiger partial charge in [0.05, 0.1) is 11.4 Å². The van der Waals surface area contributed by atoms with Gasteiger partial charge in [0.25, 0.3) is 0 Å². The summed E-state index contributed by atoms with van der Waals surface area (Å²) in [7, 11) is -2.30. The molecular formula is C23H32N4O3S. The minimum Gasteiger partial charge on any atom is -0.357 e. The van der Waals surface area contributed by atoms with E-state index < -0.39 is 10.0 Å². The minimum atomic E-state index is -3.72. The lowest BCUT2D eigenvalue weighted by atomic mass is 10.1. The zero-order valence-corrected chi connectivity index (χ0v) is 19.4. The molecule has 168 valence electrons. The summed E-state index contributed by atoms with van der Waals surface area (Å²) in [5.74, 6) is 0.614. The van der Waals surface area contributed by atoms with Crippen molar-refractivity contribution < 1.29 is 13.2 Å². The Balaban J connectivity index is 1.53. The van der Waals surface area contributed by atoms with E-state index >= 15 is 0 Å². The molecule has 3 rings (SSSR count). The molecule has 1 saturated heterocycles.